The molecule has 0 N–H and O–H groups in total. The second kappa shape index (κ2) is 17.8. The molecule has 8 heteroatoms. The lowest BCUT2D eigenvalue weighted by Gasteiger charge is -2.34. The molecule has 0 unspecified atom stereocenters. The van der Waals surface area contributed by atoms with Gasteiger partial charge in [-0.2, -0.15) is 0 Å². The van der Waals surface area contributed by atoms with E-state index in [1.165, 1.54) is 0 Å². The van der Waals surface area contributed by atoms with E-state index in [9.17, 15) is 0 Å². The molecule has 0 saturated heterocycles. The van der Waals surface area contributed by atoms with Gasteiger partial charge in [0, 0.05) is 0 Å². The molecule has 27 heavy (non-hydrogen) atoms. The van der Waals surface area contributed by atoms with Gasteiger partial charge in [0.15, 0.2) is 0 Å². The molecule has 0 spiro atoms. The summed E-state index contributed by atoms with van der Waals surface area (Å²) in [5.74, 6) is 0. The Balaban J connectivity index is 6.07. The van der Waals surface area contributed by atoms with Gasteiger partial charge in [0.2, 0.25) is 0 Å². The van der Waals surface area contributed by atoms with Crippen LogP contribution >= 0.6 is 0 Å². The van der Waals surface area contributed by atoms with Gasteiger partial charge in [0.25, 0.3) is 0 Å². The predicted molar refractivity (Wildman–Crippen MR) is 112 cm³/mol. The van der Waals surface area contributed by atoms with E-state index in [0.717, 1.165) is 38.5 Å². The number of hydrogen-bond acceptors (Lipinski definition) is 6. The molecule has 0 bridgehead atoms. The zero-order valence-electron chi connectivity index (χ0n) is 18.4. The highest BCUT2D eigenvalue weighted by molar-refractivity contribution is 6.87. The van der Waals surface area contributed by atoms with Crippen LogP contribution in [0.4, 0.5) is 0 Å². The Hall–Kier alpha value is -0.286. The Morgan fingerprint density at radius 2 is 0.815 bits per heavy atom. The molecule has 0 amide bonds. The van der Waals surface area contributed by atoms with Gasteiger partial charge in [-0.05, 0) is 38.5 Å². The average molecular weight is 423 g/mol. The highest BCUT2D eigenvalue weighted by atomic mass is 28.9. The van der Waals surface area contributed by atoms with Crippen molar-refractivity contribution >= 4 is 16.5 Å². The van der Waals surface area contributed by atoms with Crippen LogP contribution in [0.1, 0.15) is 80.1 Å². The molecule has 162 valence electrons. The van der Waals surface area contributed by atoms with Gasteiger partial charge in [-0.1, -0.05) is 41.5 Å². The van der Waals surface area contributed by atoms with E-state index in [1.807, 2.05) is 0 Å². The standard InChI is InChI=1S/C19H42O6Si2/c1-7-13-20-19(21-14-8-2,22-15-9-3)26(23-16-10-4)27(24-17-11-5)25-18-12-6/h7-18H2,1-6H3. The second-order valence-electron chi connectivity index (χ2n) is 6.26. The predicted octanol–water partition coefficient (Wildman–Crippen LogP) is 4.30. The Bertz CT molecular complexity index is 347. The van der Waals surface area contributed by atoms with Crippen LogP contribution in [0.3, 0.4) is 0 Å². The summed E-state index contributed by atoms with van der Waals surface area (Å²) in [5.41, 5.74) is -1.18. The van der Waals surface area contributed by atoms with Crippen molar-refractivity contribution in [3.63, 3.8) is 0 Å². The van der Waals surface area contributed by atoms with Crippen LogP contribution in [0.25, 0.3) is 0 Å². The highest BCUT2D eigenvalue weighted by Crippen LogP contribution is 2.20. The van der Waals surface area contributed by atoms with Crippen molar-refractivity contribution in [2.24, 2.45) is 0 Å². The van der Waals surface area contributed by atoms with Crippen molar-refractivity contribution < 1.29 is 27.5 Å². The van der Waals surface area contributed by atoms with E-state index < -0.39 is 22.1 Å². The molecule has 0 aromatic carbocycles. The van der Waals surface area contributed by atoms with Crippen LogP contribution in [0.5, 0.6) is 0 Å². The molecule has 0 radical (unpaired) electrons. The smallest absolute Gasteiger partial charge is 0.494 e. The third kappa shape index (κ3) is 10.7. The van der Waals surface area contributed by atoms with Crippen molar-refractivity contribution in [2.75, 3.05) is 39.6 Å². The van der Waals surface area contributed by atoms with E-state index in [0.29, 0.717) is 39.6 Å². The molecule has 0 aliphatic rings. The Morgan fingerprint density at radius 1 is 0.481 bits per heavy atom. The maximum atomic E-state index is 6.33. The van der Waals surface area contributed by atoms with Crippen molar-refractivity contribution in [1.29, 1.82) is 0 Å². The molecule has 0 rings (SSSR count). The summed E-state index contributed by atoms with van der Waals surface area (Å²) in [5, 5.41) is 0. The molecule has 0 aromatic heterocycles. The highest BCUT2D eigenvalue weighted by Gasteiger charge is 2.47. The zero-order chi connectivity index (χ0) is 20.4. The van der Waals surface area contributed by atoms with Crippen LogP contribution < -0.4 is 0 Å². The largest absolute Gasteiger partial charge is 0.544 e. The third-order valence-electron chi connectivity index (χ3n) is 3.28. The fourth-order valence-electron chi connectivity index (χ4n) is 2.07. The minimum atomic E-state index is -1.81. The molecule has 0 saturated carbocycles. The van der Waals surface area contributed by atoms with Crippen molar-refractivity contribution in [3.8, 4) is 0 Å². The first-order chi connectivity index (χ1) is 13.2. The Morgan fingerprint density at radius 3 is 1.15 bits per heavy atom. The topological polar surface area (TPSA) is 55.4 Å². The monoisotopic (exact) mass is 422 g/mol. The third-order valence-corrected chi connectivity index (χ3v) is 9.39. The van der Waals surface area contributed by atoms with Gasteiger partial charge in [-0.3, -0.25) is 0 Å². The molecule has 0 heterocycles. The SMILES string of the molecule is CCCO[Si](OCCC)=[Si](OCCC)C(OCCC)(OCCC)OCCC. The van der Waals surface area contributed by atoms with E-state index >= 15 is 0 Å². The maximum Gasteiger partial charge on any atom is 0.494 e. The first-order valence-electron chi connectivity index (χ1n) is 10.7. The summed E-state index contributed by atoms with van der Waals surface area (Å²) < 4.78 is 37.3. The summed E-state index contributed by atoms with van der Waals surface area (Å²) in [6.07, 6.45) is 5.41. The Kier molecular flexibility index (Phi) is 17.6. The Labute approximate surface area is 169 Å². The fourth-order valence-corrected chi connectivity index (χ4v) is 8.30. The summed E-state index contributed by atoms with van der Waals surface area (Å²) in [4.78, 5) is 0. The first-order valence-corrected chi connectivity index (χ1v) is 14.4. The van der Waals surface area contributed by atoms with Crippen LogP contribution in [0, 0.1) is 0 Å². The van der Waals surface area contributed by atoms with Gasteiger partial charge in [-0.25, -0.2) is 0 Å². The molecule has 0 fully saturated rings. The summed E-state index contributed by atoms with van der Waals surface area (Å²) in [6, 6.07) is 0. The second-order valence-corrected chi connectivity index (χ2v) is 11.6. The zero-order valence-corrected chi connectivity index (χ0v) is 20.4. The molecular weight excluding hydrogens is 380 g/mol. The van der Waals surface area contributed by atoms with Gasteiger partial charge in [0.1, 0.15) is 0 Å². The van der Waals surface area contributed by atoms with E-state index in [4.69, 9.17) is 27.5 Å². The van der Waals surface area contributed by atoms with Crippen molar-refractivity contribution in [2.45, 2.75) is 85.7 Å². The van der Waals surface area contributed by atoms with Crippen LogP contribution in [0.2, 0.25) is 0 Å². The van der Waals surface area contributed by atoms with Gasteiger partial charge >= 0.3 is 22.1 Å². The number of hydrogen-bond donors (Lipinski definition) is 0. The minimum Gasteiger partial charge on any atom is -0.544 e. The maximum absolute atomic E-state index is 6.33. The van der Waals surface area contributed by atoms with Gasteiger partial charge in [-0.15, -0.1) is 0 Å². The van der Waals surface area contributed by atoms with Gasteiger partial charge < -0.3 is 27.5 Å². The molecule has 0 aromatic rings. The quantitative estimate of drug-likeness (QED) is 0.228. The summed E-state index contributed by atoms with van der Waals surface area (Å²) in [6.45, 7) is 16.1. The fraction of sp³-hybridized carbons (Fsp3) is 1.00. The van der Waals surface area contributed by atoms with Crippen molar-refractivity contribution in [1.82, 2.24) is 0 Å². The van der Waals surface area contributed by atoms with E-state index in [-0.39, 0.29) is 0 Å². The minimum absolute atomic E-state index is 0.549. The van der Waals surface area contributed by atoms with Crippen LogP contribution in [-0.4, -0.2) is 61.7 Å². The van der Waals surface area contributed by atoms with Crippen LogP contribution in [0.15, 0.2) is 0 Å². The molecule has 0 aliphatic heterocycles. The van der Waals surface area contributed by atoms with E-state index in [1.54, 1.807) is 0 Å². The molecule has 6 nitrogen and oxygen atoms in total. The van der Waals surface area contributed by atoms with E-state index in [2.05, 4.69) is 41.5 Å². The number of ether oxygens (including phenoxy) is 3. The first kappa shape index (κ1) is 26.7. The summed E-state index contributed by atoms with van der Waals surface area (Å²) in [7, 11) is -3.54. The van der Waals surface area contributed by atoms with Crippen molar-refractivity contribution in [3.05, 3.63) is 0 Å². The normalized spacial score (nSPS) is 11.3. The van der Waals surface area contributed by atoms with Crippen LogP contribution in [-0.2, 0) is 27.5 Å². The lowest BCUT2D eigenvalue weighted by Crippen LogP contribution is -2.55. The lowest BCUT2D eigenvalue weighted by molar-refractivity contribution is -0.333. The summed E-state index contributed by atoms with van der Waals surface area (Å²) >= 11 is 0. The van der Waals surface area contributed by atoms with Gasteiger partial charge in [0.05, 0.1) is 39.6 Å². The molecule has 0 aliphatic carbocycles. The average Bonchev–Trinajstić information content (AvgIpc) is 2.69. The number of rotatable bonds is 19. The lowest BCUT2D eigenvalue weighted by atomic mass is 10.5. The molecule has 0 atom stereocenters. The molecular formula is C19H42O6Si2.